The third kappa shape index (κ3) is 4.20. The number of guanidine groups is 1. The van der Waals surface area contributed by atoms with Crippen molar-refractivity contribution in [3.8, 4) is 0 Å². The van der Waals surface area contributed by atoms with Crippen LogP contribution in [0.3, 0.4) is 0 Å². The summed E-state index contributed by atoms with van der Waals surface area (Å²) in [5.74, 6) is 0.743. The highest BCUT2D eigenvalue weighted by Gasteiger charge is 2.17. The van der Waals surface area contributed by atoms with E-state index in [2.05, 4.69) is 53.8 Å². The van der Waals surface area contributed by atoms with Gasteiger partial charge in [-0.25, -0.2) is 4.99 Å². The summed E-state index contributed by atoms with van der Waals surface area (Å²) in [5.41, 5.74) is 2.84. The lowest BCUT2D eigenvalue weighted by molar-refractivity contribution is 0.509. The van der Waals surface area contributed by atoms with E-state index in [-0.39, 0.29) is 11.0 Å². The molecular weight excluding hydrogens is 318 g/mol. The normalized spacial score (nSPS) is 17.8. The Morgan fingerprint density at radius 3 is 2.79 bits per heavy atom. The van der Waals surface area contributed by atoms with E-state index >= 15 is 0 Å². The van der Waals surface area contributed by atoms with Gasteiger partial charge in [-0.1, -0.05) is 30.0 Å². The zero-order valence-electron chi connectivity index (χ0n) is 14.4. The van der Waals surface area contributed by atoms with Crippen LogP contribution in [0.5, 0.6) is 0 Å². The molecule has 3 rings (SSSR count). The van der Waals surface area contributed by atoms with Gasteiger partial charge < -0.3 is 16.0 Å². The smallest absolute Gasteiger partial charge is 0.199 e. The van der Waals surface area contributed by atoms with Crippen molar-refractivity contribution in [3.63, 3.8) is 0 Å². The standard InChI is InChI=1S/C18H23N5S/c1-12-11-15(13-7-5-6-8-14(13)20-12)21-16(23-18(2,3)4)22-17-19-9-10-24-17/h5-11,17,19H,1-4H3,(H2,20,21,22,23). The van der Waals surface area contributed by atoms with Gasteiger partial charge in [0.1, 0.15) is 0 Å². The number of hydrogen-bond acceptors (Lipinski definition) is 4. The Morgan fingerprint density at radius 2 is 2.08 bits per heavy atom. The number of benzene rings is 1. The average Bonchev–Trinajstić information content (AvgIpc) is 2.98. The van der Waals surface area contributed by atoms with Gasteiger partial charge in [-0.3, -0.25) is 4.98 Å². The molecule has 6 heteroatoms. The maximum atomic E-state index is 4.76. The van der Waals surface area contributed by atoms with Crippen molar-refractivity contribution in [2.75, 3.05) is 5.32 Å². The number of nitrogens with zero attached hydrogens (tertiary/aromatic N) is 2. The molecule has 1 aliphatic rings. The van der Waals surface area contributed by atoms with Crippen LogP contribution in [0, 0.1) is 6.92 Å². The fourth-order valence-electron chi connectivity index (χ4n) is 2.45. The fourth-order valence-corrected chi connectivity index (χ4v) is 3.08. The van der Waals surface area contributed by atoms with Gasteiger partial charge in [-0.2, -0.15) is 0 Å². The molecule has 0 saturated heterocycles. The molecule has 0 aliphatic carbocycles. The lowest BCUT2D eigenvalue weighted by Gasteiger charge is -2.25. The highest BCUT2D eigenvalue weighted by atomic mass is 32.2. The van der Waals surface area contributed by atoms with Crippen molar-refractivity contribution in [1.82, 2.24) is 15.6 Å². The first-order valence-electron chi connectivity index (χ1n) is 7.97. The summed E-state index contributed by atoms with van der Waals surface area (Å²) in [6, 6.07) is 10.2. The summed E-state index contributed by atoms with van der Waals surface area (Å²) in [6.07, 6.45) is 1.92. The van der Waals surface area contributed by atoms with Gasteiger partial charge in [0, 0.05) is 22.8 Å². The minimum atomic E-state index is -0.0968. The Hall–Kier alpha value is -2.21. The van der Waals surface area contributed by atoms with Crippen molar-refractivity contribution in [2.24, 2.45) is 4.99 Å². The summed E-state index contributed by atoms with van der Waals surface area (Å²) in [5, 5.41) is 13.2. The number of aryl methyl sites for hydroxylation is 1. The first kappa shape index (κ1) is 16.6. The Labute approximate surface area is 147 Å². The number of rotatable bonds is 2. The highest BCUT2D eigenvalue weighted by molar-refractivity contribution is 8.02. The molecule has 1 aliphatic heterocycles. The maximum absolute atomic E-state index is 4.76. The molecule has 126 valence electrons. The second-order valence-electron chi connectivity index (χ2n) is 6.76. The topological polar surface area (TPSA) is 61.3 Å². The summed E-state index contributed by atoms with van der Waals surface area (Å²) in [6.45, 7) is 8.36. The number of nitrogens with one attached hydrogen (secondary N) is 3. The van der Waals surface area contributed by atoms with Crippen LogP contribution in [-0.4, -0.2) is 22.0 Å². The summed E-state index contributed by atoms with van der Waals surface area (Å²) < 4.78 is 0. The van der Waals surface area contributed by atoms with E-state index < -0.39 is 0 Å². The number of anilines is 1. The van der Waals surface area contributed by atoms with Gasteiger partial charge in [0.2, 0.25) is 0 Å². The monoisotopic (exact) mass is 341 g/mol. The van der Waals surface area contributed by atoms with Crippen molar-refractivity contribution in [2.45, 2.75) is 38.7 Å². The van der Waals surface area contributed by atoms with Gasteiger partial charge >= 0.3 is 0 Å². The lowest BCUT2D eigenvalue weighted by atomic mass is 10.1. The zero-order chi connectivity index (χ0) is 17.2. The molecule has 3 N–H and O–H groups in total. The molecule has 0 bridgehead atoms. The number of aromatic nitrogens is 1. The van der Waals surface area contributed by atoms with E-state index in [0.717, 1.165) is 28.2 Å². The van der Waals surface area contributed by atoms with Crippen LogP contribution < -0.4 is 16.0 Å². The Balaban J connectivity index is 1.95. The lowest BCUT2D eigenvalue weighted by Crippen LogP contribution is -2.45. The SMILES string of the molecule is Cc1cc(N/C(=N/C2NC=CS2)NC(C)(C)C)c2ccccc2n1. The first-order valence-corrected chi connectivity index (χ1v) is 8.91. The van der Waals surface area contributed by atoms with Crippen LogP contribution in [0.25, 0.3) is 10.9 Å². The summed E-state index contributed by atoms with van der Waals surface area (Å²) >= 11 is 1.64. The van der Waals surface area contributed by atoms with E-state index in [0.29, 0.717) is 0 Å². The third-order valence-corrected chi connectivity index (χ3v) is 4.14. The number of pyridine rings is 1. The summed E-state index contributed by atoms with van der Waals surface area (Å²) in [4.78, 5) is 9.35. The molecule has 2 aromatic rings. The minimum Gasteiger partial charge on any atom is -0.361 e. The van der Waals surface area contributed by atoms with E-state index in [9.17, 15) is 0 Å². The van der Waals surface area contributed by atoms with Crippen LogP contribution in [0.1, 0.15) is 26.5 Å². The van der Waals surface area contributed by atoms with Crippen molar-refractivity contribution in [3.05, 3.63) is 47.6 Å². The number of thioether (sulfide) groups is 1. The summed E-state index contributed by atoms with van der Waals surface area (Å²) in [7, 11) is 0. The Kier molecular flexibility index (Phi) is 4.66. The minimum absolute atomic E-state index is 0.0171. The van der Waals surface area contributed by atoms with E-state index in [4.69, 9.17) is 4.99 Å². The second-order valence-corrected chi connectivity index (χ2v) is 7.75. The number of aliphatic imine (C=N–C) groups is 1. The number of fused-ring (bicyclic) bond motifs is 1. The van der Waals surface area contributed by atoms with Crippen LogP contribution in [0.2, 0.25) is 0 Å². The number of para-hydroxylation sites is 1. The van der Waals surface area contributed by atoms with Gasteiger partial charge in [-0.15, -0.1) is 0 Å². The molecule has 24 heavy (non-hydrogen) atoms. The van der Waals surface area contributed by atoms with E-state index in [1.807, 2.05) is 36.7 Å². The molecule has 1 unspecified atom stereocenters. The quantitative estimate of drug-likeness (QED) is 0.573. The Morgan fingerprint density at radius 1 is 1.29 bits per heavy atom. The van der Waals surface area contributed by atoms with Crippen LogP contribution in [-0.2, 0) is 0 Å². The highest BCUT2D eigenvalue weighted by Crippen LogP contribution is 2.23. The van der Waals surface area contributed by atoms with Gasteiger partial charge in [-0.05, 0) is 45.2 Å². The van der Waals surface area contributed by atoms with Crippen molar-refractivity contribution >= 4 is 34.3 Å². The molecule has 1 aromatic heterocycles. The largest absolute Gasteiger partial charge is 0.361 e. The van der Waals surface area contributed by atoms with Crippen molar-refractivity contribution in [1.29, 1.82) is 0 Å². The second kappa shape index (κ2) is 6.73. The fraction of sp³-hybridized carbons (Fsp3) is 0.333. The van der Waals surface area contributed by atoms with E-state index in [1.54, 1.807) is 11.8 Å². The molecule has 0 saturated carbocycles. The van der Waals surface area contributed by atoms with Crippen molar-refractivity contribution < 1.29 is 0 Å². The molecule has 0 amide bonds. The predicted molar refractivity (Wildman–Crippen MR) is 104 cm³/mol. The first-order chi connectivity index (χ1) is 11.4. The predicted octanol–water partition coefficient (Wildman–Crippen LogP) is 3.79. The van der Waals surface area contributed by atoms with Crippen LogP contribution in [0.4, 0.5) is 5.69 Å². The number of hydrogen-bond donors (Lipinski definition) is 3. The van der Waals surface area contributed by atoms with Gasteiger partial charge in [0.05, 0.1) is 11.2 Å². The maximum Gasteiger partial charge on any atom is 0.199 e. The van der Waals surface area contributed by atoms with Crippen LogP contribution >= 0.6 is 11.8 Å². The molecule has 1 aromatic carbocycles. The van der Waals surface area contributed by atoms with E-state index in [1.165, 1.54) is 0 Å². The van der Waals surface area contributed by atoms with Gasteiger partial charge in [0.15, 0.2) is 11.5 Å². The molecule has 5 nitrogen and oxygen atoms in total. The zero-order valence-corrected chi connectivity index (χ0v) is 15.2. The van der Waals surface area contributed by atoms with Crippen LogP contribution in [0.15, 0.2) is 46.9 Å². The molecule has 0 spiro atoms. The Bertz CT molecular complexity index is 784. The molecule has 1 atom stereocenters. The molecule has 2 heterocycles. The molecule has 0 radical (unpaired) electrons. The molecular formula is C18H23N5S. The van der Waals surface area contributed by atoms with Gasteiger partial charge in [0.25, 0.3) is 0 Å². The average molecular weight is 341 g/mol. The molecule has 0 fully saturated rings. The third-order valence-electron chi connectivity index (χ3n) is 3.35.